The third-order valence-corrected chi connectivity index (χ3v) is 4.10. The van der Waals surface area contributed by atoms with E-state index in [2.05, 4.69) is 5.32 Å². The van der Waals surface area contributed by atoms with Gasteiger partial charge in [-0.1, -0.05) is 12.1 Å². The number of halogens is 3. The number of para-hydroxylation sites is 1. The summed E-state index contributed by atoms with van der Waals surface area (Å²) in [5.74, 6) is -2.92. The number of hydrogen-bond donors (Lipinski definition) is 2. The summed E-state index contributed by atoms with van der Waals surface area (Å²) in [6.45, 7) is 1.99. The Balaban J connectivity index is 2.06. The summed E-state index contributed by atoms with van der Waals surface area (Å²) in [6, 6.07) is 3.33. The number of carbonyl (C=O) groups excluding carboxylic acids is 1. The lowest BCUT2D eigenvalue weighted by atomic mass is 9.93. The molecule has 3 unspecified atom stereocenters. The monoisotopic (exact) mass is 375 g/mol. The molecule has 1 aliphatic heterocycles. The molecule has 1 heterocycles. The molecule has 144 valence electrons. The largest absolute Gasteiger partial charge is 0.480 e. The van der Waals surface area contributed by atoms with Crippen LogP contribution < -0.4 is 10.1 Å². The molecule has 1 saturated heterocycles. The average Bonchev–Trinajstić information content (AvgIpc) is 2.59. The van der Waals surface area contributed by atoms with Crippen LogP contribution in [-0.4, -0.2) is 42.3 Å². The first kappa shape index (κ1) is 20.0. The third kappa shape index (κ3) is 5.10. The molecule has 0 radical (unpaired) electrons. The SMILES string of the molecule is CC(Oc1ccccc1C(F)(F)F)C(=O)NC(C(=O)O)C1CCCOC1. The Kier molecular flexibility index (Phi) is 6.47. The van der Waals surface area contributed by atoms with Gasteiger partial charge in [0.15, 0.2) is 6.10 Å². The number of hydrogen-bond acceptors (Lipinski definition) is 4. The summed E-state index contributed by atoms with van der Waals surface area (Å²) in [6.07, 6.45) is -4.68. The molecule has 0 spiro atoms. The van der Waals surface area contributed by atoms with E-state index in [1.807, 2.05) is 0 Å². The highest BCUT2D eigenvalue weighted by Crippen LogP contribution is 2.36. The summed E-state index contributed by atoms with van der Waals surface area (Å²) in [7, 11) is 0. The summed E-state index contributed by atoms with van der Waals surface area (Å²) in [5, 5.41) is 11.7. The fourth-order valence-electron chi connectivity index (χ4n) is 2.73. The van der Waals surface area contributed by atoms with Gasteiger partial charge in [0, 0.05) is 12.5 Å². The van der Waals surface area contributed by atoms with Gasteiger partial charge < -0.3 is 19.9 Å². The van der Waals surface area contributed by atoms with E-state index in [1.165, 1.54) is 19.1 Å². The van der Waals surface area contributed by atoms with Crippen molar-refractivity contribution in [2.45, 2.75) is 38.1 Å². The van der Waals surface area contributed by atoms with Crippen LogP contribution >= 0.6 is 0 Å². The Labute approximate surface area is 148 Å². The van der Waals surface area contributed by atoms with E-state index in [0.29, 0.717) is 19.4 Å². The molecule has 6 nitrogen and oxygen atoms in total. The Morgan fingerprint density at radius 1 is 1.35 bits per heavy atom. The molecule has 1 aromatic rings. The first-order valence-electron chi connectivity index (χ1n) is 8.14. The summed E-state index contributed by atoms with van der Waals surface area (Å²) >= 11 is 0. The van der Waals surface area contributed by atoms with Gasteiger partial charge in [0.05, 0.1) is 12.2 Å². The van der Waals surface area contributed by atoms with Gasteiger partial charge in [0.2, 0.25) is 0 Å². The number of ether oxygens (including phenoxy) is 2. The minimum Gasteiger partial charge on any atom is -0.480 e. The Morgan fingerprint density at radius 2 is 2.04 bits per heavy atom. The number of carboxylic acids is 1. The lowest BCUT2D eigenvalue weighted by Gasteiger charge is -2.29. The van der Waals surface area contributed by atoms with Gasteiger partial charge in [-0.05, 0) is 31.9 Å². The molecular formula is C17H20F3NO5. The number of alkyl halides is 3. The molecule has 1 aromatic carbocycles. The van der Waals surface area contributed by atoms with E-state index < -0.39 is 47.4 Å². The van der Waals surface area contributed by atoms with E-state index in [9.17, 15) is 27.9 Å². The van der Waals surface area contributed by atoms with Crippen LogP contribution in [0.1, 0.15) is 25.3 Å². The number of amides is 1. The van der Waals surface area contributed by atoms with Gasteiger partial charge in [-0.25, -0.2) is 4.79 Å². The van der Waals surface area contributed by atoms with Crippen molar-refractivity contribution >= 4 is 11.9 Å². The van der Waals surface area contributed by atoms with Crippen molar-refractivity contribution < 1.29 is 37.3 Å². The Bertz CT molecular complexity index is 644. The zero-order valence-electron chi connectivity index (χ0n) is 14.1. The zero-order chi connectivity index (χ0) is 19.3. The molecule has 2 N–H and O–H groups in total. The van der Waals surface area contributed by atoms with Crippen LogP contribution in [0.4, 0.5) is 13.2 Å². The normalized spacial score (nSPS) is 20.1. The molecular weight excluding hydrogens is 355 g/mol. The van der Waals surface area contributed by atoms with E-state index in [0.717, 1.165) is 12.1 Å². The van der Waals surface area contributed by atoms with E-state index >= 15 is 0 Å². The zero-order valence-corrected chi connectivity index (χ0v) is 14.1. The van der Waals surface area contributed by atoms with Gasteiger partial charge in [-0.15, -0.1) is 0 Å². The second-order valence-corrected chi connectivity index (χ2v) is 6.06. The average molecular weight is 375 g/mol. The van der Waals surface area contributed by atoms with E-state index in [1.54, 1.807) is 0 Å². The molecule has 0 aliphatic carbocycles. The van der Waals surface area contributed by atoms with E-state index in [4.69, 9.17) is 9.47 Å². The van der Waals surface area contributed by atoms with Gasteiger partial charge >= 0.3 is 12.1 Å². The topological polar surface area (TPSA) is 84.9 Å². The Morgan fingerprint density at radius 3 is 2.62 bits per heavy atom. The van der Waals surface area contributed by atoms with Crippen LogP contribution in [0.5, 0.6) is 5.75 Å². The van der Waals surface area contributed by atoms with Gasteiger partial charge in [0.1, 0.15) is 11.8 Å². The van der Waals surface area contributed by atoms with Gasteiger partial charge in [-0.2, -0.15) is 13.2 Å². The van der Waals surface area contributed by atoms with Crippen LogP contribution in [0.25, 0.3) is 0 Å². The summed E-state index contributed by atoms with van der Waals surface area (Å²) in [5.41, 5.74) is -1.00. The van der Waals surface area contributed by atoms with Crippen molar-refractivity contribution in [1.82, 2.24) is 5.32 Å². The van der Waals surface area contributed by atoms with Crippen molar-refractivity contribution in [3.63, 3.8) is 0 Å². The maximum absolute atomic E-state index is 13.0. The number of benzene rings is 1. The molecule has 1 aliphatic rings. The minimum atomic E-state index is -4.63. The number of aliphatic carboxylic acids is 1. The van der Waals surface area contributed by atoms with Crippen LogP contribution in [0, 0.1) is 5.92 Å². The number of carboxylic acid groups (broad SMARTS) is 1. The first-order chi connectivity index (χ1) is 12.2. The van der Waals surface area contributed by atoms with Crippen LogP contribution in [0.2, 0.25) is 0 Å². The number of nitrogens with one attached hydrogen (secondary N) is 1. The molecule has 1 amide bonds. The predicted molar refractivity (Wildman–Crippen MR) is 84.6 cm³/mol. The molecule has 0 aromatic heterocycles. The van der Waals surface area contributed by atoms with Crippen LogP contribution in [0.15, 0.2) is 24.3 Å². The number of rotatable bonds is 6. The molecule has 1 fully saturated rings. The van der Waals surface area contributed by atoms with Gasteiger partial charge in [0.25, 0.3) is 5.91 Å². The predicted octanol–water partition coefficient (Wildman–Crippen LogP) is 2.47. The maximum Gasteiger partial charge on any atom is 0.419 e. The van der Waals surface area contributed by atoms with Crippen molar-refractivity contribution in [3.8, 4) is 5.75 Å². The quantitative estimate of drug-likeness (QED) is 0.798. The Hall–Kier alpha value is -2.29. The maximum atomic E-state index is 13.0. The molecule has 3 atom stereocenters. The fourth-order valence-corrected chi connectivity index (χ4v) is 2.73. The fraction of sp³-hybridized carbons (Fsp3) is 0.529. The lowest BCUT2D eigenvalue weighted by molar-refractivity contribution is -0.146. The molecule has 26 heavy (non-hydrogen) atoms. The second kappa shape index (κ2) is 8.39. The highest BCUT2D eigenvalue weighted by molar-refractivity contribution is 5.86. The van der Waals surface area contributed by atoms with Crippen LogP contribution in [-0.2, 0) is 20.5 Å². The molecule has 0 bridgehead atoms. The van der Waals surface area contributed by atoms with Crippen LogP contribution in [0.3, 0.4) is 0 Å². The van der Waals surface area contributed by atoms with E-state index in [-0.39, 0.29) is 6.61 Å². The lowest BCUT2D eigenvalue weighted by Crippen LogP contribution is -2.51. The summed E-state index contributed by atoms with van der Waals surface area (Å²) in [4.78, 5) is 23.7. The molecule has 0 saturated carbocycles. The van der Waals surface area contributed by atoms with Gasteiger partial charge in [-0.3, -0.25) is 4.79 Å². The number of carbonyl (C=O) groups is 2. The molecule has 9 heteroatoms. The minimum absolute atomic E-state index is 0.198. The smallest absolute Gasteiger partial charge is 0.419 e. The highest BCUT2D eigenvalue weighted by atomic mass is 19.4. The van der Waals surface area contributed by atoms with Crippen molar-refractivity contribution in [2.75, 3.05) is 13.2 Å². The highest BCUT2D eigenvalue weighted by Gasteiger charge is 2.36. The van der Waals surface area contributed by atoms with Crippen molar-refractivity contribution in [1.29, 1.82) is 0 Å². The standard InChI is InChI=1S/C17H20F3NO5/c1-10(26-13-7-3-2-6-12(13)17(18,19)20)15(22)21-14(16(23)24)11-5-4-8-25-9-11/h2-3,6-7,10-11,14H,4-5,8-9H2,1H3,(H,21,22)(H,23,24). The summed E-state index contributed by atoms with van der Waals surface area (Å²) < 4.78 is 49.3. The van der Waals surface area contributed by atoms with Crippen molar-refractivity contribution in [2.24, 2.45) is 5.92 Å². The molecule has 2 rings (SSSR count). The van der Waals surface area contributed by atoms with Crippen molar-refractivity contribution in [3.05, 3.63) is 29.8 Å². The third-order valence-electron chi connectivity index (χ3n) is 4.10. The second-order valence-electron chi connectivity index (χ2n) is 6.06. The first-order valence-corrected chi connectivity index (χ1v) is 8.14.